The van der Waals surface area contributed by atoms with Gasteiger partial charge in [-0.05, 0) is 18.2 Å². The van der Waals surface area contributed by atoms with Crippen LogP contribution in [0.15, 0.2) is 42.5 Å². The minimum atomic E-state index is -0.395. The molecule has 1 aliphatic heterocycles. The molecule has 2 aromatic carbocycles. The maximum atomic E-state index is 12.4. The van der Waals surface area contributed by atoms with Gasteiger partial charge >= 0.3 is 0 Å². The van der Waals surface area contributed by atoms with E-state index in [1.807, 2.05) is 4.90 Å². The first-order chi connectivity index (χ1) is 13.0. The summed E-state index contributed by atoms with van der Waals surface area (Å²) in [6.45, 7) is 1.73. The monoisotopic (exact) mass is 409 g/mol. The first kappa shape index (κ1) is 19.3. The van der Waals surface area contributed by atoms with Crippen LogP contribution < -0.4 is 9.64 Å². The molecule has 2 aromatic rings. The number of carbonyl (C=O) groups is 1. The molecule has 0 spiro atoms. The lowest BCUT2D eigenvalue weighted by Crippen LogP contribution is -2.50. The van der Waals surface area contributed by atoms with Gasteiger partial charge in [0.05, 0.1) is 15.0 Å². The second kappa shape index (κ2) is 8.45. The Morgan fingerprint density at radius 3 is 2.30 bits per heavy atom. The molecule has 0 unspecified atom stereocenters. The second-order valence-electron chi connectivity index (χ2n) is 5.95. The number of hydrogen-bond acceptors (Lipinski definition) is 5. The predicted molar refractivity (Wildman–Crippen MR) is 104 cm³/mol. The largest absolute Gasteiger partial charge is 0.481 e. The maximum absolute atomic E-state index is 12.4. The summed E-state index contributed by atoms with van der Waals surface area (Å²) in [5.74, 6) is 0.0981. The molecule has 9 heteroatoms. The fraction of sp³-hybridized carbons (Fsp3) is 0.278. The number of hydrogen-bond donors (Lipinski definition) is 0. The van der Waals surface area contributed by atoms with Crippen LogP contribution in [-0.4, -0.2) is 48.5 Å². The fourth-order valence-electron chi connectivity index (χ4n) is 2.93. The highest BCUT2D eigenvalue weighted by Crippen LogP contribution is 2.32. The van der Waals surface area contributed by atoms with E-state index in [9.17, 15) is 14.9 Å². The number of rotatable bonds is 5. The molecule has 3 rings (SSSR count). The molecule has 1 aliphatic rings. The molecule has 0 saturated carbocycles. The maximum Gasteiger partial charge on any atom is 0.292 e. The highest BCUT2D eigenvalue weighted by Gasteiger charge is 2.25. The van der Waals surface area contributed by atoms with Crippen molar-refractivity contribution in [1.82, 2.24) is 4.90 Å². The zero-order valence-electron chi connectivity index (χ0n) is 14.3. The van der Waals surface area contributed by atoms with Crippen LogP contribution in [0.1, 0.15) is 0 Å². The molecule has 0 aromatic heterocycles. The van der Waals surface area contributed by atoms with Crippen molar-refractivity contribution < 1.29 is 14.5 Å². The van der Waals surface area contributed by atoms with E-state index in [2.05, 4.69) is 0 Å². The van der Waals surface area contributed by atoms with E-state index < -0.39 is 4.92 Å². The van der Waals surface area contributed by atoms with Gasteiger partial charge in [0.25, 0.3) is 11.6 Å². The van der Waals surface area contributed by atoms with Crippen LogP contribution in [0.3, 0.4) is 0 Å². The van der Waals surface area contributed by atoms with Crippen LogP contribution in [0.25, 0.3) is 0 Å². The zero-order valence-corrected chi connectivity index (χ0v) is 15.8. The minimum Gasteiger partial charge on any atom is -0.481 e. The van der Waals surface area contributed by atoms with Crippen molar-refractivity contribution in [3.63, 3.8) is 0 Å². The van der Waals surface area contributed by atoms with E-state index in [-0.39, 0.29) is 24.0 Å². The zero-order chi connectivity index (χ0) is 19.4. The Morgan fingerprint density at radius 1 is 1.04 bits per heavy atom. The van der Waals surface area contributed by atoms with Gasteiger partial charge in [-0.1, -0.05) is 41.4 Å². The Balaban J connectivity index is 1.58. The highest BCUT2D eigenvalue weighted by molar-refractivity contribution is 6.37. The number of halogens is 2. The number of ether oxygens (including phenoxy) is 1. The number of anilines is 1. The molecule has 0 atom stereocenters. The second-order valence-corrected chi connectivity index (χ2v) is 6.77. The fourth-order valence-corrected chi connectivity index (χ4v) is 3.43. The van der Waals surface area contributed by atoms with Gasteiger partial charge in [-0.2, -0.15) is 0 Å². The average Bonchev–Trinajstić information content (AvgIpc) is 2.67. The molecule has 0 N–H and O–H groups in total. The summed E-state index contributed by atoms with van der Waals surface area (Å²) in [6, 6.07) is 11.6. The summed E-state index contributed by atoms with van der Waals surface area (Å²) in [5, 5.41) is 11.9. The summed E-state index contributed by atoms with van der Waals surface area (Å²) >= 11 is 12.1. The Morgan fingerprint density at radius 2 is 1.67 bits per heavy atom. The van der Waals surface area contributed by atoms with Gasteiger partial charge in [-0.25, -0.2) is 0 Å². The van der Waals surface area contributed by atoms with Crippen LogP contribution in [0.5, 0.6) is 5.75 Å². The van der Waals surface area contributed by atoms with Crippen LogP contribution in [-0.2, 0) is 4.79 Å². The van der Waals surface area contributed by atoms with Crippen molar-refractivity contribution in [3.8, 4) is 5.75 Å². The summed E-state index contributed by atoms with van der Waals surface area (Å²) < 4.78 is 5.49. The molecule has 1 amide bonds. The number of nitro groups is 1. The van der Waals surface area contributed by atoms with Crippen molar-refractivity contribution in [1.29, 1.82) is 0 Å². The number of nitrogens with zero attached hydrogens (tertiary/aromatic N) is 3. The number of piperazine rings is 1. The third-order valence-corrected chi connectivity index (χ3v) is 4.91. The van der Waals surface area contributed by atoms with Gasteiger partial charge in [-0.15, -0.1) is 0 Å². The molecule has 1 fully saturated rings. The Kier molecular flexibility index (Phi) is 6.03. The van der Waals surface area contributed by atoms with Gasteiger partial charge in [0.1, 0.15) is 5.69 Å². The predicted octanol–water partition coefficient (Wildman–Crippen LogP) is 3.63. The molecular weight excluding hydrogens is 393 g/mol. The smallest absolute Gasteiger partial charge is 0.292 e. The lowest BCUT2D eigenvalue weighted by atomic mass is 10.2. The number of carbonyl (C=O) groups excluding carboxylic acids is 1. The minimum absolute atomic E-state index is 0.0639. The molecule has 27 heavy (non-hydrogen) atoms. The van der Waals surface area contributed by atoms with Crippen molar-refractivity contribution in [2.75, 3.05) is 37.7 Å². The van der Waals surface area contributed by atoms with E-state index in [1.54, 1.807) is 41.3 Å². The van der Waals surface area contributed by atoms with Crippen LogP contribution in [0.2, 0.25) is 10.0 Å². The standard InChI is InChI=1S/C18H17Cl2N3O4/c19-13-4-3-5-14(20)18(13)27-12-17(24)22-10-8-21(9-11-22)15-6-1-2-7-16(15)23(25)26/h1-7H,8-12H2. The van der Waals surface area contributed by atoms with Crippen molar-refractivity contribution in [2.45, 2.75) is 0 Å². The van der Waals surface area contributed by atoms with Gasteiger partial charge < -0.3 is 14.5 Å². The SMILES string of the molecule is O=C(COc1c(Cl)cccc1Cl)N1CCN(c2ccccc2[N+](=O)[O-])CC1. The quantitative estimate of drug-likeness (QED) is 0.556. The molecule has 0 aliphatic carbocycles. The van der Waals surface area contributed by atoms with E-state index >= 15 is 0 Å². The number of para-hydroxylation sites is 3. The molecule has 0 radical (unpaired) electrons. The van der Waals surface area contributed by atoms with Crippen LogP contribution in [0, 0.1) is 10.1 Å². The van der Waals surface area contributed by atoms with E-state index in [0.717, 1.165) is 0 Å². The number of amides is 1. The van der Waals surface area contributed by atoms with E-state index in [0.29, 0.717) is 41.9 Å². The molecule has 7 nitrogen and oxygen atoms in total. The number of nitro benzene ring substituents is 1. The van der Waals surface area contributed by atoms with Crippen molar-refractivity contribution in [2.24, 2.45) is 0 Å². The van der Waals surface area contributed by atoms with Crippen LogP contribution >= 0.6 is 23.2 Å². The molecule has 0 bridgehead atoms. The lowest BCUT2D eigenvalue weighted by molar-refractivity contribution is -0.384. The Bertz CT molecular complexity index is 834. The van der Waals surface area contributed by atoms with Gasteiger partial charge in [-0.3, -0.25) is 14.9 Å². The molecule has 1 saturated heterocycles. The molecular formula is C18H17Cl2N3O4. The van der Waals surface area contributed by atoms with Crippen LogP contribution in [0.4, 0.5) is 11.4 Å². The first-order valence-corrected chi connectivity index (χ1v) is 9.06. The molecule has 142 valence electrons. The van der Waals surface area contributed by atoms with Gasteiger partial charge in [0, 0.05) is 32.2 Å². The normalized spacial score (nSPS) is 14.1. The van der Waals surface area contributed by atoms with E-state index in [4.69, 9.17) is 27.9 Å². The first-order valence-electron chi connectivity index (χ1n) is 8.30. The molecule has 1 heterocycles. The summed E-state index contributed by atoms with van der Waals surface area (Å²) in [4.78, 5) is 26.8. The van der Waals surface area contributed by atoms with Gasteiger partial charge in [0.15, 0.2) is 12.4 Å². The Hall–Kier alpha value is -2.51. The van der Waals surface area contributed by atoms with E-state index in [1.165, 1.54) is 6.07 Å². The highest BCUT2D eigenvalue weighted by atomic mass is 35.5. The average molecular weight is 410 g/mol. The third-order valence-electron chi connectivity index (χ3n) is 4.31. The summed E-state index contributed by atoms with van der Waals surface area (Å²) in [6.07, 6.45) is 0. The third kappa shape index (κ3) is 4.43. The topological polar surface area (TPSA) is 75.9 Å². The lowest BCUT2D eigenvalue weighted by Gasteiger charge is -2.35. The van der Waals surface area contributed by atoms with Gasteiger partial charge in [0.2, 0.25) is 0 Å². The summed E-state index contributed by atoms with van der Waals surface area (Å²) in [7, 11) is 0. The number of benzene rings is 2. The Labute approximate surface area is 166 Å². The van der Waals surface area contributed by atoms with Crippen molar-refractivity contribution >= 4 is 40.5 Å². The summed E-state index contributed by atoms with van der Waals surface area (Å²) in [5.41, 5.74) is 0.627. The van der Waals surface area contributed by atoms with Crippen molar-refractivity contribution in [3.05, 3.63) is 62.6 Å².